The first-order chi connectivity index (χ1) is 14.9. The van der Waals surface area contributed by atoms with Gasteiger partial charge in [-0.25, -0.2) is 0 Å². The monoisotopic (exact) mass is 485 g/mol. The van der Waals surface area contributed by atoms with Crippen molar-refractivity contribution < 1.29 is 13.8 Å². The fourth-order valence-electron chi connectivity index (χ4n) is 2.17. The Hall–Kier alpha value is -2.17. The van der Waals surface area contributed by atoms with Crippen LogP contribution in [0.2, 0.25) is 36.3 Å². The number of benzene rings is 1. The summed E-state index contributed by atoms with van der Waals surface area (Å²) < 4.78 is 12.8. The Balaban J connectivity index is 3.33. The molecule has 1 rings (SSSR count). The van der Waals surface area contributed by atoms with Gasteiger partial charge >= 0.3 is 0 Å². The Labute approximate surface area is 202 Å². The van der Waals surface area contributed by atoms with E-state index in [4.69, 9.17) is 15.3 Å². The second kappa shape index (κ2) is 10.8. The van der Waals surface area contributed by atoms with Crippen molar-refractivity contribution in [2.24, 2.45) is 0 Å². The molecule has 0 aliphatic carbocycles. The number of rotatable bonds is 7. The molecule has 0 unspecified atom stereocenters. The van der Waals surface area contributed by atoms with Crippen LogP contribution in [-0.4, -0.2) is 34.8 Å². The van der Waals surface area contributed by atoms with Gasteiger partial charge in [-0.2, -0.15) is 0 Å². The molecule has 0 N–H and O–H groups in total. The van der Waals surface area contributed by atoms with Gasteiger partial charge in [-0.3, -0.25) is 10.1 Å². The summed E-state index contributed by atoms with van der Waals surface area (Å²) in [6, 6.07) is 6.17. The van der Waals surface area contributed by atoms with Gasteiger partial charge in [-0.15, -0.1) is 6.42 Å². The molecule has 0 aliphatic heterocycles. The summed E-state index contributed by atoms with van der Waals surface area (Å²) in [6.45, 7) is 22.5. The van der Waals surface area contributed by atoms with Gasteiger partial charge in [0.25, 0.3) is 5.69 Å². The van der Waals surface area contributed by atoms with Crippen molar-refractivity contribution >= 4 is 22.3 Å². The van der Waals surface area contributed by atoms with Gasteiger partial charge in [-0.1, -0.05) is 59.3 Å². The predicted octanol–water partition coefficient (Wildman–Crippen LogP) is 6.92. The van der Waals surface area contributed by atoms with Crippen molar-refractivity contribution in [2.75, 3.05) is 13.2 Å². The van der Waals surface area contributed by atoms with E-state index in [1.165, 1.54) is 12.1 Å². The number of nitrogens with zero attached hydrogens (tertiary/aromatic N) is 1. The number of nitro groups is 1. The van der Waals surface area contributed by atoms with Crippen molar-refractivity contribution in [3.63, 3.8) is 0 Å². The summed E-state index contributed by atoms with van der Waals surface area (Å²) in [7, 11) is -4.02. The average Bonchev–Trinajstić information content (AvgIpc) is 2.68. The molecule has 0 amide bonds. The molecule has 33 heavy (non-hydrogen) atoms. The first-order valence-electron chi connectivity index (χ1n) is 11.1. The molecule has 0 atom stereocenters. The van der Waals surface area contributed by atoms with Gasteiger partial charge in [0.1, 0.15) is 0 Å². The molecule has 180 valence electrons. The lowest BCUT2D eigenvalue weighted by molar-refractivity contribution is -0.384. The zero-order chi connectivity index (χ0) is 25.7. The normalized spacial score (nSPS) is 13.5. The van der Waals surface area contributed by atoms with E-state index in [-0.39, 0.29) is 15.8 Å². The SMILES string of the molecule is C#C/C(CO[Si](C)(C)C(C)(C)C)=C(/C#Cc1ccc([N+](=O)[O-])cc1)CO[Si](C)(C)C(C)(C)C. The molecule has 0 fully saturated rings. The maximum Gasteiger partial charge on any atom is 0.269 e. The van der Waals surface area contributed by atoms with Crippen LogP contribution < -0.4 is 0 Å². The van der Waals surface area contributed by atoms with Crippen LogP contribution in [0.25, 0.3) is 0 Å². The number of nitro benzene ring substituents is 1. The highest BCUT2D eigenvalue weighted by Crippen LogP contribution is 2.38. The average molecular weight is 486 g/mol. The molecule has 0 radical (unpaired) electrons. The molecule has 1 aromatic carbocycles. The fourth-order valence-corrected chi connectivity index (χ4v) is 4.04. The van der Waals surface area contributed by atoms with Gasteiger partial charge in [-0.05, 0) is 48.4 Å². The summed E-state index contributed by atoms with van der Waals surface area (Å²) >= 11 is 0. The Morgan fingerprint density at radius 2 is 1.33 bits per heavy atom. The number of hydrogen-bond donors (Lipinski definition) is 0. The Morgan fingerprint density at radius 3 is 1.70 bits per heavy atom. The van der Waals surface area contributed by atoms with E-state index < -0.39 is 21.6 Å². The first-order valence-corrected chi connectivity index (χ1v) is 17.0. The third kappa shape index (κ3) is 8.28. The van der Waals surface area contributed by atoms with Crippen LogP contribution >= 0.6 is 0 Å². The van der Waals surface area contributed by atoms with Crippen LogP contribution in [0.5, 0.6) is 0 Å². The van der Waals surface area contributed by atoms with Crippen LogP contribution in [0.3, 0.4) is 0 Å². The molecule has 0 aliphatic rings. The minimum atomic E-state index is -2.02. The molecule has 5 nitrogen and oxygen atoms in total. The van der Waals surface area contributed by atoms with E-state index in [1.54, 1.807) is 12.1 Å². The van der Waals surface area contributed by atoms with Crippen molar-refractivity contribution in [1.29, 1.82) is 0 Å². The van der Waals surface area contributed by atoms with Gasteiger partial charge in [0.05, 0.1) is 18.1 Å². The molecule has 1 aromatic rings. The summed E-state index contributed by atoms with van der Waals surface area (Å²) in [5.41, 5.74) is 2.11. The molecule has 0 saturated carbocycles. The molecule has 0 spiro atoms. The zero-order valence-electron chi connectivity index (χ0n) is 21.9. The van der Waals surface area contributed by atoms with E-state index in [0.717, 1.165) is 5.57 Å². The highest BCUT2D eigenvalue weighted by atomic mass is 28.4. The van der Waals surface area contributed by atoms with E-state index >= 15 is 0 Å². The highest BCUT2D eigenvalue weighted by molar-refractivity contribution is 6.74. The largest absolute Gasteiger partial charge is 0.412 e. The molecular formula is C26H39NO4Si2. The van der Waals surface area contributed by atoms with Gasteiger partial charge in [0.15, 0.2) is 16.6 Å². The summed E-state index contributed by atoms with van der Waals surface area (Å²) in [5.74, 6) is 9.06. The number of terminal acetylenes is 1. The third-order valence-electron chi connectivity index (χ3n) is 6.74. The van der Waals surface area contributed by atoms with Gasteiger partial charge < -0.3 is 8.85 Å². The van der Waals surface area contributed by atoms with Crippen molar-refractivity contribution in [2.45, 2.75) is 77.8 Å². The van der Waals surface area contributed by atoms with Crippen LogP contribution in [0.4, 0.5) is 5.69 Å². The topological polar surface area (TPSA) is 61.6 Å². The van der Waals surface area contributed by atoms with E-state index in [9.17, 15) is 10.1 Å². The zero-order valence-corrected chi connectivity index (χ0v) is 23.9. The molecule has 0 heterocycles. The summed E-state index contributed by atoms with van der Waals surface area (Å²) in [5, 5.41) is 11.0. The smallest absolute Gasteiger partial charge is 0.269 e. The van der Waals surface area contributed by atoms with Crippen molar-refractivity contribution in [3.8, 4) is 24.2 Å². The minimum absolute atomic E-state index is 0.0321. The van der Waals surface area contributed by atoms with Gasteiger partial charge in [0.2, 0.25) is 0 Å². The molecule has 0 saturated heterocycles. The van der Waals surface area contributed by atoms with Crippen molar-refractivity contribution in [3.05, 3.63) is 51.1 Å². The molecule has 0 bridgehead atoms. The lowest BCUT2D eigenvalue weighted by Crippen LogP contribution is -2.42. The Kier molecular flexibility index (Phi) is 9.48. The van der Waals surface area contributed by atoms with Crippen LogP contribution in [0, 0.1) is 34.3 Å². The Morgan fingerprint density at radius 1 is 0.909 bits per heavy atom. The maximum atomic E-state index is 10.9. The molecule has 7 heteroatoms. The van der Waals surface area contributed by atoms with Gasteiger partial charge in [0, 0.05) is 28.8 Å². The van der Waals surface area contributed by atoms with E-state index in [2.05, 4.69) is 85.5 Å². The fraction of sp³-hybridized carbons (Fsp3) is 0.538. The predicted molar refractivity (Wildman–Crippen MR) is 142 cm³/mol. The third-order valence-corrected chi connectivity index (χ3v) is 15.7. The quantitative estimate of drug-likeness (QED) is 0.182. The van der Waals surface area contributed by atoms with Crippen LogP contribution in [0.15, 0.2) is 35.4 Å². The van der Waals surface area contributed by atoms with Crippen molar-refractivity contribution in [1.82, 2.24) is 0 Å². The number of non-ortho nitro benzene ring substituents is 1. The number of hydrogen-bond acceptors (Lipinski definition) is 4. The second-order valence-corrected chi connectivity index (χ2v) is 20.9. The maximum absolute atomic E-state index is 10.9. The Bertz CT molecular complexity index is 977. The van der Waals surface area contributed by atoms with E-state index in [0.29, 0.717) is 24.4 Å². The molecular weight excluding hydrogens is 446 g/mol. The summed E-state index contributed by atoms with van der Waals surface area (Å²) in [6.07, 6.45) is 5.90. The lowest BCUT2D eigenvalue weighted by atomic mass is 10.1. The van der Waals surface area contributed by atoms with Crippen LogP contribution in [-0.2, 0) is 8.85 Å². The minimum Gasteiger partial charge on any atom is -0.412 e. The summed E-state index contributed by atoms with van der Waals surface area (Å²) in [4.78, 5) is 10.5. The highest BCUT2D eigenvalue weighted by Gasteiger charge is 2.38. The standard InChI is InChI=1S/C26H39NO4Si2/c1-12-22(19-30-32(8,9)25(2,3)4)23(20-31-33(10,11)26(5,6)7)16-13-21-14-17-24(18-15-21)27(28)29/h1,14-15,17-18H,19-20H2,2-11H3/b23-22+. The second-order valence-electron chi connectivity index (χ2n) is 11.3. The first kappa shape index (κ1) is 28.9. The molecule has 0 aromatic heterocycles. The van der Waals surface area contributed by atoms with Crippen LogP contribution in [0.1, 0.15) is 47.1 Å². The lowest BCUT2D eigenvalue weighted by Gasteiger charge is -2.37. The van der Waals surface area contributed by atoms with E-state index in [1.807, 2.05) is 0 Å².